The summed E-state index contributed by atoms with van der Waals surface area (Å²) in [5, 5.41) is 2.97. The molecule has 2 N–H and O–H groups in total. The smallest absolute Gasteiger partial charge is 0.258 e. The average Bonchev–Trinajstić information content (AvgIpc) is 2.49. The van der Waals surface area contributed by atoms with Gasteiger partial charge in [-0.2, -0.15) is 0 Å². The Morgan fingerprint density at radius 3 is 2.13 bits per heavy atom. The number of hydrogen-bond acceptors (Lipinski definition) is 2. The van der Waals surface area contributed by atoms with Crippen molar-refractivity contribution >= 4 is 5.91 Å². The molecule has 0 aliphatic carbocycles. The maximum Gasteiger partial charge on any atom is 0.258 e. The van der Waals surface area contributed by atoms with E-state index in [0.29, 0.717) is 0 Å². The molecule has 84 valence electrons. The van der Waals surface area contributed by atoms with Gasteiger partial charge in [0.05, 0.1) is 5.54 Å². The summed E-state index contributed by atoms with van der Waals surface area (Å²) in [6.45, 7) is 7.60. The summed E-state index contributed by atoms with van der Waals surface area (Å²) in [5.74, 6) is -0.0487. The average molecular weight is 209 g/mol. The Hall–Kier alpha value is -1.29. The molecule has 0 aliphatic heterocycles. The number of aromatic nitrogens is 1. The predicted octanol–water partition coefficient (Wildman–Crippen LogP) is 1.17. The second-order valence-electron chi connectivity index (χ2n) is 4.27. The molecule has 0 unspecified atom stereocenters. The molecule has 0 bridgehead atoms. The Morgan fingerprint density at radius 2 is 1.73 bits per heavy atom. The van der Waals surface area contributed by atoms with Crippen LogP contribution in [0.25, 0.3) is 0 Å². The van der Waals surface area contributed by atoms with Gasteiger partial charge in [-0.05, 0) is 46.9 Å². The van der Waals surface area contributed by atoms with Crippen molar-refractivity contribution < 1.29 is 4.79 Å². The fourth-order valence-electron chi connectivity index (χ4n) is 1.20. The molecule has 0 fully saturated rings. The highest BCUT2D eigenvalue weighted by atomic mass is 16.2. The molecular weight excluding hydrogens is 190 g/mol. The molecule has 0 aliphatic rings. The zero-order valence-electron chi connectivity index (χ0n) is 10.0. The van der Waals surface area contributed by atoms with Crippen molar-refractivity contribution in [2.24, 2.45) is 0 Å². The monoisotopic (exact) mass is 209 g/mol. The second kappa shape index (κ2) is 4.06. The van der Waals surface area contributed by atoms with Gasteiger partial charge in [0, 0.05) is 11.4 Å². The van der Waals surface area contributed by atoms with Crippen LogP contribution in [0.15, 0.2) is 12.1 Å². The third kappa shape index (κ3) is 2.39. The standard InChI is InChI=1S/C11H19N3O/c1-8-6-7-9(2)14(8)13-10(15)11(3,4)12-5/h6-7,12H,1-5H3,(H,13,15). The molecule has 1 heterocycles. The fraction of sp³-hybridized carbons (Fsp3) is 0.545. The summed E-state index contributed by atoms with van der Waals surface area (Å²) >= 11 is 0. The molecular formula is C11H19N3O. The molecule has 1 rings (SSSR count). The largest absolute Gasteiger partial charge is 0.307 e. The number of nitrogens with zero attached hydrogens (tertiary/aromatic N) is 1. The molecule has 1 amide bonds. The quantitative estimate of drug-likeness (QED) is 0.785. The van der Waals surface area contributed by atoms with Gasteiger partial charge in [-0.15, -0.1) is 0 Å². The number of amides is 1. The lowest BCUT2D eigenvalue weighted by Gasteiger charge is -2.24. The number of hydrogen-bond donors (Lipinski definition) is 2. The molecule has 0 atom stereocenters. The second-order valence-corrected chi connectivity index (χ2v) is 4.27. The summed E-state index contributed by atoms with van der Waals surface area (Å²) in [7, 11) is 1.77. The highest BCUT2D eigenvalue weighted by Gasteiger charge is 2.25. The van der Waals surface area contributed by atoms with Crippen LogP contribution < -0.4 is 10.7 Å². The molecule has 0 radical (unpaired) electrons. The van der Waals surface area contributed by atoms with Gasteiger partial charge in [-0.25, -0.2) is 0 Å². The predicted molar refractivity (Wildman–Crippen MR) is 61.4 cm³/mol. The minimum absolute atomic E-state index is 0.0487. The van der Waals surface area contributed by atoms with E-state index in [4.69, 9.17) is 0 Å². The van der Waals surface area contributed by atoms with E-state index >= 15 is 0 Å². The fourth-order valence-corrected chi connectivity index (χ4v) is 1.20. The van der Waals surface area contributed by atoms with Crippen LogP contribution in [0.2, 0.25) is 0 Å². The van der Waals surface area contributed by atoms with Gasteiger partial charge in [-0.1, -0.05) is 0 Å². The summed E-state index contributed by atoms with van der Waals surface area (Å²) in [5.41, 5.74) is 4.34. The lowest BCUT2D eigenvalue weighted by Crippen LogP contribution is -2.50. The van der Waals surface area contributed by atoms with Crippen LogP contribution in [0, 0.1) is 13.8 Å². The van der Waals surface area contributed by atoms with Crippen molar-refractivity contribution in [1.82, 2.24) is 9.99 Å². The van der Waals surface area contributed by atoms with Crippen molar-refractivity contribution in [2.45, 2.75) is 33.2 Å². The topological polar surface area (TPSA) is 46.1 Å². The van der Waals surface area contributed by atoms with E-state index in [9.17, 15) is 4.79 Å². The van der Waals surface area contributed by atoms with Crippen LogP contribution in [0.4, 0.5) is 0 Å². The lowest BCUT2D eigenvalue weighted by molar-refractivity contribution is -0.122. The first-order valence-electron chi connectivity index (χ1n) is 5.04. The molecule has 4 nitrogen and oxygen atoms in total. The van der Waals surface area contributed by atoms with Gasteiger partial charge < -0.3 is 5.32 Å². The number of aryl methyl sites for hydroxylation is 2. The van der Waals surface area contributed by atoms with E-state index in [-0.39, 0.29) is 5.91 Å². The molecule has 15 heavy (non-hydrogen) atoms. The Bertz CT molecular complexity index is 346. The zero-order chi connectivity index (χ0) is 11.6. The normalized spacial score (nSPS) is 11.5. The van der Waals surface area contributed by atoms with Gasteiger partial charge in [0.2, 0.25) is 0 Å². The summed E-state index contributed by atoms with van der Waals surface area (Å²) in [4.78, 5) is 11.9. The van der Waals surface area contributed by atoms with Gasteiger partial charge in [0.1, 0.15) is 0 Å². The zero-order valence-corrected chi connectivity index (χ0v) is 10.0. The third-order valence-electron chi connectivity index (χ3n) is 2.68. The van der Waals surface area contributed by atoms with E-state index < -0.39 is 5.54 Å². The number of likely N-dealkylation sites (N-methyl/N-ethyl adjacent to an activating group) is 1. The Morgan fingerprint density at radius 1 is 1.27 bits per heavy atom. The minimum atomic E-state index is -0.566. The maximum absolute atomic E-state index is 11.9. The lowest BCUT2D eigenvalue weighted by atomic mass is 10.1. The van der Waals surface area contributed by atoms with Gasteiger partial charge >= 0.3 is 0 Å². The molecule has 0 saturated carbocycles. The van der Waals surface area contributed by atoms with Crippen molar-refractivity contribution in [1.29, 1.82) is 0 Å². The van der Waals surface area contributed by atoms with Crippen LogP contribution in [-0.4, -0.2) is 23.2 Å². The van der Waals surface area contributed by atoms with E-state index in [1.807, 2.05) is 39.8 Å². The van der Waals surface area contributed by atoms with Crippen LogP contribution in [0.5, 0.6) is 0 Å². The van der Waals surface area contributed by atoms with Crippen LogP contribution in [0.1, 0.15) is 25.2 Å². The first kappa shape index (κ1) is 11.8. The molecule has 4 heteroatoms. The van der Waals surface area contributed by atoms with Crippen LogP contribution >= 0.6 is 0 Å². The number of rotatable bonds is 3. The van der Waals surface area contributed by atoms with Crippen LogP contribution in [0.3, 0.4) is 0 Å². The summed E-state index contributed by atoms with van der Waals surface area (Å²) in [6, 6.07) is 3.95. The van der Waals surface area contributed by atoms with E-state index in [1.165, 1.54) is 0 Å². The molecule has 1 aromatic rings. The molecule has 0 aromatic carbocycles. The first-order chi connectivity index (χ1) is 6.88. The Labute approximate surface area is 90.6 Å². The van der Waals surface area contributed by atoms with Crippen molar-refractivity contribution in [3.05, 3.63) is 23.5 Å². The summed E-state index contributed by atoms with van der Waals surface area (Å²) in [6.07, 6.45) is 0. The van der Waals surface area contributed by atoms with E-state index in [0.717, 1.165) is 11.4 Å². The van der Waals surface area contributed by atoms with Crippen LogP contribution in [-0.2, 0) is 4.79 Å². The summed E-state index contributed by atoms with van der Waals surface area (Å²) < 4.78 is 1.79. The highest BCUT2D eigenvalue weighted by molar-refractivity contribution is 5.92. The molecule has 0 saturated heterocycles. The third-order valence-corrected chi connectivity index (χ3v) is 2.68. The van der Waals surface area contributed by atoms with Crippen molar-refractivity contribution in [3.8, 4) is 0 Å². The van der Waals surface area contributed by atoms with Crippen molar-refractivity contribution in [3.63, 3.8) is 0 Å². The van der Waals surface area contributed by atoms with Gasteiger partial charge in [-0.3, -0.25) is 14.9 Å². The van der Waals surface area contributed by atoms with E-state index in [2.05, 4.69) is 10.7 Å². The van der Waals surface area contributed by atoms with Gasteiger partial charge in [0.15, 0.2) is 0 Å². The number of carbonyl (C=O) groups excluding carboxylic acids is 1. The number of carbonyl (C=O) groups is 1. The SMILES string of the molecule is CNC(C)(C)C(=O)Nn1c(C)ccc1C. The van der Waals surface area contributed by atoms with E-state index in [1.54, 1.807) is 11.7 Å². The highest BCUT2D eigenvalue weighted by Crippen LogP contribution is 2.07. The molecule has 0 spiro atoms. The molecule has 1 aromatic heterocycles. The maximum atomic E-state index is 11.9. The first-order valence-corrected chi connectivity index (χ1v) is 5.04. The minimum Gasteiger partial charge on any atom is -0.307 e. The van der Waals surface area contributed by atoms with Gasteiger partial charge in [0.25, 0.3) is 5.91 Å². The Balaban J connectivity index is 2.84. The Kier molecular flexibility index (Phi) is 3.19. The number of nitrogens with one attached hydrogen (secondary N) is 2. The van der Waals surface area contributed by atoms with Crippen molar-refractivity contribution in [2.75, 3.05) is 12.5 Å².